The predicted octanol–water partition coefficient (Wildman–Crippen LogP) is 5.32. The van der Waals surface area contributed by atoms with Crippen LogP contribution >= 0.6 is 7.82 Å². The second kappa shape index (κ2) is 21.4. The van der Waals surface area contributed by atoms with Crippen molar-refractivity contribution in [1.82, 2.24) is 5.32 Å². The van der Waals surface area contributed by atoms with Crippen LogP contribution < -0.4 is 10.2 Å². The van der Waals surface area contributed by atoms with E-state index in [9.17, 15) is 19.4 Å². The smallest absolute Gasteiger partial charge is 0.268 e. The number of phosphoric ester groups is 1. The number of amides is 1. The Morgan fingerprint density at radius 1 is 0.861 bits per heavy atom. The second-order valence-corrected chi connectivity index (χ2v) is 12.5. The van der Waals surface area contributed by atoms with Gasteiger partial charge in [0.2, 0.25) is 5.91 Å². The molecule has 0 aromatic carbocycles. The van der Waals surface area contributed by atoms with E-state index in [4.69, 9.17) is 9.05 Å². The van der Waals surface area contributed by atoms with Crippen molar-refractivity contribution >= 4 is 13.7 Å². The minimum atomic E-state index is -4.52. The lowest BCUT2D eigenvalue weighted by atomic mass is 10.0. The fourth-order valence-electron chi connectivity index (χ4n) is 3.92. The third-order valence-corrected chi connectivity index (χ3v) is 7.31. The van der Waals surface area contributed by atoms with Crippen molar-refractivity contribution < 1.29 is 32.9 Å². The highest BCUT2D eigenvalue weighted by molar-refractivity contribution is 7.45. The molecule has 0 aliphatic rings. The largest absolute Gasteiger partial charge is 0.756 e. The summed E-state index contributed by atoms with van der Waals surface area (Å²) in [7, 11) is 1.30. The normalized spacial score (nSPS) is 15.4. The van der Waals surface area contributed by atoms with Crippen LogP contribution in [0.3, 0.4) is 0 Å². The molecule has 36 heavy (non-hydrogen) atoms. The summed E-state index contributed by atoms with van der Waals surface area (Å²) in [6.07, 6.45) is 15.8. The van der Waals surface area contributed by atoms with Crippen LogP contribution in [0.2, 0.25) is 0 Å². The van der Waals surface area contributed by atoms with Gasteiger partial charge in [-0.25, -0.2) is 0 Å². The topological polar surface area (TPSA) is 108 Å². The van der Waals surface area contributed by atoms with Gasteiger partial charge < -0.3 is 28.8 Å². The first kappa shape index (κ1) is 35.5. The van der Waals surface area contributed by atoms with Crippen molar-refractivity contribution in [1.29, 1.82) is 0 Å². The molecular formula is C27H57N2O6P. The zero-order valence-electron chi connectivity index (χ0n) is 24.0. The number of rotatable bonds is 25. The third kappa shape index (κ3) is 22.7. The van der Waals surface area contributed by atoms with E-state index in [1.807, 2.05) is 21.1 Å². The van der Waals surface area contributed by atoms with E-state index < -0.39 is 20.0 Å². The van der Waals surface area contributed by atoms with Crippen LogP contribution in [-0.4, -0.2) is 68.5 Å². The number of carbonyl (C=O) groups excluding carboxylic acids is 1. The molecule has 216 valence electrons. The Kier molecular flexibility index (Phi) is 21.1. The van der Waals surface area contributed by atoms with Gasteiger partial charge in [-0.15, -0.1) is 0 Å². The molecule has 0 heterocycles. The molecule has 0 spiro atoms. The number of hydrogen-bond donors (Lipinski definition) is 2. The van der Waals surface area contributed by atoms with Crippen molar-refractivity contribution in [3.63, 3.8) is 0 Å². The number of likely N-dealkylation sites (N-methyl/N-ethyl adjacent to an activating group) is 1. The molecule has 0 rings (SSSR count). The Bertz CT molecular complexity index is 585. The third-order valence-electron chi connectivity index (χ3n) is 6.35. The SMILES string of the molecule is CCCCCCCCCCCCC(=O)NC(COP(=O)([O-])OCC[N+](C)(C)C)C(O)CCCCCC. The highest BCUT2D eigenvalue weighted by atomic mass is 31.2. The van der Waals surface area contributed by atoms with E-state index in [2.05, 4.69) is 19.2 Å². The maximum Gasteiger partial charge on any atom is 0.268 e. The van der Waals surface area contributed by atoms with Crippen LogP contribution in [0.4, 0.5) is 0 Å². The zero-order chi connectivity index (χ0) is 27.3. The van der Waals surface area contributed by atoms with E-state index in [1.165, 1.54) is 44.9 Å². The van der Waals surface area contributed by atoms with Gasteiger partial charge >= 0.3 is 0 Å². The number of unbranched alkanes of at least 4 members (excludes halogenated alkanes) is 12. The van der Waals surface area contributed by atoms with Crippen LogP contribution in [0, 0.1) is 0 Å². The van der Waals surface area contributed by atoms with Crippen molar-refractivity contribution in [2.75, 3.05) is 40.9 Å². The quantitative estimate of drug-likeness (QED) is 0.0929. The standard InChI is InChI=1S/C27H57N2O6P/c1-6-8-10-12-13-14-15-16-17-19-21-27(31)28-25(26(30)20-18-11-9-7-2)24-35-36(32,33)34-23-22-29(3,4)5/h25-26,30H,6-24H2,1-5H3,(H-,28,31,32,33). The van der Waals surface area contributed by atoms with E-state index in [-0.39, 0.29) is 19.1 Å². The maximum absolute atomic E-state index is 12.5. The van der Waals surface area contributed by atoms with Crippen LogP contribution in [0.5, 0.6) is 0 Å². The highest BCUT2D eigenvalue weighted by Crippen LogP contribution is 2.38. The molecule has 0 saturated heterocycles. The molecule has 0 saturated carbocycles. The van der Waals surface area contributed by atoms with Gasteiger partial charge in [0.25, 0.3) is 7.82 Å². The van der Waals surface area contributed by atoms with Crippen molar-refractivity contribution in [3.8, 4) is 0 Å². The Morgan fingerprint density at radius 2 is 1.36 bits per heavy atom. The van der Waals surface area contributed by atoms with Crippen LogP contribution in [0.15, 0.2) is 0 Å². The monoisotopic (exact) mass is 536 g/mol. The summed E-state index contributed by atoms with van der Waals surface area (Å²) >= 11 is 0. The molecule has 2 N–H and O–H groups in total. The number of nitrogens with one attached hydrogen (secondary N) is 1. The number of aliphatic hydroxyl groups is 1. The van der Waals surface area contributed by atoms with Gasteiger partial charge in [-0.1, -0.05) is 97.3 Å². The Morgan fingerprint density at radius 3 is 1.89 bits per heavy atom. The fourth-order valence-corrected chi connectivity index (χ4v) is 4.64. The van der Waals surface area contributed by atoms with Gasteiger partial charge in [0.15, 0.2) is 0 Å². The first-order valence-electron chi connectivity index (χ1n) is 14.4. The first-order valence-corrected chi connectivity index (χ1v) is 15.8. The summed E-state index contributed by atoms with van der Waals surface area (Å²) in [6, 6.07) is -0.786. The van der Waals surface area contributed by atoms with Gasteiger partial charge in [0.1, 0.15) is 13.2 Å². The van der Waals surface area contributed by atoms with E-state index in [0.29, 0.717) is 23.9 Å². The van der Waals surface area contributed by atoms with Crippen LogP contribution in [0.25, 0.3) is 0 Å². The lowest BCUT2D eigenvalue weighted by molar-refractivity contribution is -0.870. The summed E-state index contributed by atoms with van der Waals surface area (Å²) in [5.74, 6) is -0.178. The minimum absolute atomic E-state index is 0.0135. The van der Waals surface area contributed by atoms with Gasteiger partial charge in [0, 0.05) is 6.42 Å². The molecule has 3 atom stereocenters. The highest BCUT2D eigenvalue weighted by Gasteiger charge is 2.24. The van der Waals surface area contributed by atoms with Crippen LogP contribution in [-0.2, 0) is 18.4 Å². The maximum atomic E-state index is 12.5. The number of hydrogen-bond acceptors (Lipinski definition) is 6. The number of phosphoric acid groups is 1. The molecule has 0 aliphatic carbocycles. The number of quaternary nitrogens is 1. The molecule has 8 nitrogen and oxygen atoms in total. The average Bonchev–Trinajstić information content (AvgIpc) is 2.79. The molecule has 1 amide bonds. The lowest BCUT2D eigenvalue weighted by Crippen LogP contribution is -2.46. The van der Waals surface area contributed by atoms with Gasteiger partial charge in [-0.3, -0.25) is 9.36 Å². The molecular weight excluding hydrogens is 479 g/mol. The number of nitrogens with zero attached hydrogens (tertiary/aromatic N) is 1. The van der Waals surface area contributed by atoms with Crippen molar-refractivity contribution in [2.24, 2.45) is 0 Å². The summed E-state index contributed by atoms with van der Waals surface area (Å²) in [4.78, 5) is 24.7. The molecule has 0 radical (unpaired) electrons. The molecule has 3 unspecified atom stereocenters. The predicted molar refractivity (Wildman–Crippen MR) is 146 cm³/mol. The molecule has 9 heteroatoms. The lowest BCUT2D eigenvalue weighted by Gasteiger charge is -2.30. The Balaban J connectivity index is 4.47. The average molecular weight is 537 g/mol. The van der Waals surface area contributed by atoms with Gasteiger partial charge in [-0.05, 0) is 12.8 Å². The zero-order valence-corrected chi connectivity index (χ0v) is 24.9. The molecule has 0 aromatic heterocycles. The first-order chi connectivity index (χ1) is 17.0. The van der Waals surface area contributed by atoms with Crippen molar-refractivity contribution in [3.05, 3.63) is 0 Å². The van der Waals surface area contributed by atoms with E-state index >= 15 is 0 Å². The van der Waals surface area contributed by atoms with Gasteiger partial charge in [-0.2, -0.15) is 0 Å². The van der Waals surface area contributed by atoms with E-state index in [1.54, 1.807) is 0 Å². The van der Waals surface area contributed by atoms with Gasteiger partial charge in [0.05, 0.1) is 39.9 Å². The Hall–Kier alpha value is -0.500. The molecule has 0 fully saturated rings. The number of carbonyl (C=O) groups is 1. The molecule has 0 aromatic rings. The summed E-state index contributed by atoms with van der Waals surface area (Å²) in [6.45, 7) is 4.54. The summed E-state index contributed by atoms with van der Waals surface area (Å²) in [5, 5.41) is 13.5. The molecule has 0 bridgehead atoms. The van der Waals surface area contributed by atoms with Crippen molar-refractivity contribution in [2.45, 2.75) is 129 Å². The van der Waals surface area contributed by atoms with Crippen LogP contribution in [0.1, 0.15) is 117 Å². The Labute approximate surface area is 221 Å². The fraction of sp³-hybridized carbons (Fsp3) is 0.963. The van der Waals surface area contributed by atoms with E-state index in [0.717, 1.165) is 44.9 Å². The molecule has 0 aliphatic heterocycles. The summed E-state index contributed by atoms with van der Waals surface area (Å²) in [5.41, 5.74) is 0. The summed E-state index contributed by atoms with van der Waals surface area (Å²) < 4.78 is 22.8. The minimum Gasteiger partial charge on any atom is -0.756 e. The number of aliphatic hydroxyl groups excluding tert-OH is 1. The second-order valence-electron chi connectivity index (χ2n) is 11.1.